The Morgan fingerprint density at radius 2 is 1.68 bits per heavy atom. The predicted octanol–water partition coefficient (Wildman–Crippen LogP) is 3.17. The van der Waals surface area contributed by atoms with Crippen molar-refractivity contribution >= 4 is 17.5 Å². The Bertz CT molecular complexity index is 879. The van der Waals surface area contributed by atoms with Gasteiger partial charge in [-0.1, -0.05) is 32.0 Å². The molecule has 166 valence electrons. The molecule has 0 bridgehead atoms. The third kappa shape index (κ3) is 5.69. The van der Waals surface area contributed by atoms with Crippen LogP contribution in [-0.4, -0.2) is 56.1 Å². The topological polar surface area (TPSA) is 79.9 Å². The van der Waals surface area contributed by atoms with E-state index < -0.39 is 6.04 Å². The van der Waals surface area contributed by atoms with Crippen LogP contribution in [0.1, 0.15) is 30.6 Å². The quantitative estimate of drug-likeness (QED) is 0.679. The third-order valence-corrected chi connectivity index (χ3v) is 5.48. The molecular formula is C24H31N3O4. The van der Waals surface area contributed by atoms with Gasteiger partial charge in [-0.05, 0) is 36.6 Å². The van der Waals surface area contributed by atoms with E-state index >= 15 is 0 Å². The fourth-order valence-electron chi connectivity index (χ4n) is 3.72. The van der Waals surface area contributed by atoms with Crippen molar-refractivity contribution in [3.63, 3.8) is 0 Å². The van der Waals surface area contributed by atoms with Crippen LogP contribution in [0.25, 0.3) is 0 Å². The van der Waals surface area contributed by atoms with Gasteiger partial charge in [0.15, 0.2) is 0 Å². The highest BCUT2D eigenvalue weighted by molar-refractivity contribution is 5.98. The molecule has 3 rings (SSSR count). The summed E-state index contributed by atoms with van der Waals surface area (Å²) >= 11 is 0. The highest BCUT2D eigenvalue weighted by atomic mass is 16.5. The van der Waals surface area contributed by atoms with Crippen molar-refractivity contribution in [1.82, 2.24) is 10.2 Å². The normalized spacial score (nSPS) is 16.7. The second kappa shape index (κ2) is 10.2. The van der Waals surface area contributed by atoms with Gasteiger partial charge in [0.2, 0.25) is 5.91 Å². The van der Waals surface area contributed by atoms with E-state index in [0.29, 0.717) is 30.2 Å². The first kappa shape index (κ1) is 22.5. The molecule has 0 spiro atoms. The van der Waals surface area contributed by atoms with Crippen LogP contribution in [0.15, 0.2) is 48.5 Å². The summed E-state index contributed by atoms with van der Waals surface area (Å²) in [6, 6.07) is 14.5. The number of para-hydroxylation sites is 1. The van der Waals surface area contributed by atoms with Crippen molar-refractivity contribution < 1.29 is 19.1 Å². The molecule has 1 saturated heterocycles. The Morgan fingerprint density at radius 1 is 1.03 bits per heavy atom. The van der Waals surface area contributed by atoms with Crippen LogP contribution in [0.3, 0.4) is 0 Å². The van der Waals surface area contributed by atoms with Crippen molar-refractivity contribution in [2.75, 3.05) is 32.6 Å². The minimum atomic E-state index is -0.611. The van der Waals surface area contributed by atoms with E-state index in [0.717, 1.165) is 12.1 Å². The van der Waals surface area contributed by atoms with Crippen molar-refractivity contribution in [2.45, 2.75) is 32.4 Å². The molecule has 2 unspecified atom stereocenters. The van der Waals surface area contributed by atoms with E-state index in [9.17, 15) is 9.59 Å². The molecule has 2 aromatic carbocycles. The van der Waals surface area contributed by atoms with Gasteiger partial charge in [0.05, 0.1) is 14.2 Å². The Balaban J connectivity index is 1.66. The zero-order valence-corrected chi connectivity index (χ0v) is 18.6. The van der Waals surface area contributed by atoms with Gasteiger partial charge in [-0.3, -0.25) is 9.59 Å². The lowest BCUT2D eigenvalue weighted by Gasteiger charge is -2.27. The SMILES string of the molecule is COc1cc(OC)cc(C(=O)NC(C(=O)N2CCC(Nc3ccccc3)C2)C(C)C)c1. The molecule has 1 fully saturated rings. The number of carbonyl (C=O) groups is 2. The number of likely N-dealkylation sites (tertiary alicyclic amines) is 1. The molecule has 2 N–H and O–H groups in total. The number of nitrogens with one attached hydrogen (secondary N) is 2. The number of nitrogens with zero attached hydrogens (tertiary/aromatic N) is 1. The molecule has 1 heterocycles. The van der Waals surface area contributed by atoms with E-state index in [1.54, 1.807) is 18.2 Å². The summed E-state index contributed by atoms with van der Waals surface area (Å²) in [6.45, 7) is 5.14. The van der Waals surface area contributed by atoms with E-state index in [1.165, 1.54) is 14.2 Å². The highest BCUT2D eigenvalue weighted by Crippen LogP contribution is 2.23. The summed E-state index contributed by atoms with van der Waals surface area (Å²) in [5.41, 5.74) is 1.43. The van der Waals surface area contributed by atoms with E-state index in [2.05, 4.69) is 10.6 Å². The lowest BCUT2D eigenvalue weighted by molar-refractivity contribution is -0.133. The van der Waals surface area contributed by atoms with Crippen LogP contribution >= 0.6 is 0 Å². The van der Waals surface area contributed by atoms with E-state index in [1.807, 2.05) is 49.1 Å². The minimum Gasteiger partial charge on any atom is -0.497 e. The molecule has 7 nitrogen and oxygen atoms in total. The van der Waals surface area contributed by atoms with Gasteiger partial charge in [-0.25, -0.2) is 0 Å². The van der Waals surface area contributed by atoms with Crippen LogP contribution < -0.4 is 20.1 Å². The largest absolute Gasteiger partial charge is 0.497 e. The predicted molar refractivity (Wildman–Crippen MR) is 121 cm³/mol. The number of hydrogen-bond donors (Lipinski definition) is 2. The molecule has 1 aliphatic heterocycles. The molecule has 0 radical (unpaired) electrons. The summed E-state index contributed by atoms with van der Waals surface area (Å²) in [5, 5.41) is 6.39. The number of rotatable bonds is 8. The van der Waals surface area contributed by atoms with Crippen LogP contribution in [0.5, 0.6) is 11.5 Å². The Kier molecular flexibility index (Phi) is 7.39. The molecule has 0 saturated carbocycles. The zero-order chi connectivity index (χ0) is 22.4. The molecule has 31 heavy (non-hydrogen) atoms. The maximum atomic E-state index is 13.2. The first-order valence-electron chi connectivity index (χ1n) is 10.6. The van der Waals surface area contributed by atoms with Gasteiger partial charge >= 0.3 is 0 Å². The summed E-state index contributed by atoms with van der Waals surface area (Å²) in [5.74, 6) is 0.598. The lowest BCUT2D eigenvalue weighted by atomic mass is 10.0. The number of methoxy groups -OCH3 is 2. The summed E-state index contributed by atoms with van der Waals surface area (Å²) < 4.78 is 10.5. The second-order valence-corrected chi connectivity index (χ2v) is 8.08. The fraction of sp³-hybridized carbons (Fsp3) is 0.417. The number of ether oxygens (including phenoxy) is 2. The van der Waals surface area contributed by atoms with E-state index in [-0.39, 0.29) is 23.8 Å². The van der Waals surface area contributed by atoms with Crippen LogP contribution in [0.2, 0.25) is 0 Å². The monoisotopic (exact) mass is 425 g/mol. The number of hydrogen-bond acceptors (Lipinski definition) is 5. The van der Waals surface area contributed by atoms with Gasteiger partial charge in [-0.2, -0.15) is 0 Å². The van der Waals surface area contributed by atoms with Gasteiger partial charge in [0.25, 0.3) is 5.91 Å². The molecule has 0 aliphatic carbocycles. The Hall–Kier alpha value is -3.22. The summed E-state index contributed by atoms with van der Waals surface area (Å²) in [4.78, 5) is 28.0. The van der Waals surface area contributed by atoms with Crippen molar-refractivity contribution in [3.05, 3.63) is 54.1 Å². The minimum absolute atomic E-state index is 0.0508. The third-order valence-electron chi connectivity index (χ3n) is 5.48. The van der Waals surface area contributed by atoms with Gasteiger partial charge in [-0.15, -0.1) is 0 Å². The number of amides is 2. The molecule has 2 amide bonds. The van der Waals surface area contributed by atoms with Crippen molar-refractivity contribution in [3.8, 4) is 11.5 Å². The number of anilines is 1. The maximum Gasteiger partial charge on any atom is 0.252 e. The lowest BCUT2D eigenvalue weighted by Crippen LogP contribution is -2.51. The molecule has 7 heteroatoms. The van der Waals surface area contributed by atoms with Crippen LogP contribution in [0, 0.1) is 5.92 Å². The molecular weight excluding hydrogens is 394 g/mol. The molecule has 2 aromatic rings. The average molecular weight is 426 g/mol. The second-order valence-electron chi connectivity index (χ2n) is 8.08. The zero-order valence-electron chi connectivity index (χ0n) is 18.6. The highest BCUT2D eigenvalue weighted by Gasteiger charge is 2.33. The van der Waals surface area contributed by atoms with Gasteiger partial charge in [0.1, 0.15) is 17.5 Å². The van der Waals surface area contributed by atoms with Crippen LogP contribution in [0.4, 0.5) is 5.69 Å². The van der Waals surface area contributed by atoms with Crippen molar-refractivity contribution in [1.29, 1.82) is 0 Å². The molecule has 0 aromatic heterocycles. The van der Waals surface area contributed by atoms with Crippen LogP contribution in [-0.2, 0) is 4.79 Å². The van der Waals surface area contributed by atoms with Gasteiger partial charge in [0, 0.05) is 36.4 Å². The summed E-state index contributed by atoms with van der Waals surface area (Å²) in [7, 11) is 3.06. The molecule has 2 atom stereocenters. The van der Waals surface area contributed by atoms with Crippen molar-refractivity contribution in [2.24, 2.45) is 5.92 Å². The summed E-state index contributed by atoms with van der Waals surface area (Å²) in [6.07, 6.45) is 0.868. The number of benzene rings is 2. The Morgan fingerprint density at radius 3 is 2.26 bits per heavy atom. The smallest absolute Gasteiger partial charge is 0.252 e. The Labute approximate surface area is 183 Å². The standard InChI is InChI=1S/C24H31N3O4/c1-16(2)22(26-23(28)17-12-20(30-3)14-21(13-17)31-4)24(29)27-11-10-19(15-27)25-18-8-6-5-7-9-18/h5-9,12-14,16,19,22,25H,10-11,15H2,1-4H3,(H,26,28). The molecule has 1 aliphatic rings. The fourth-order valence-corrected chi connectivity index (χ4v) is 3.72. The van der Waals surface area contributed by atoms with Gasteiger partial charge < -0.3 is 25.0 Å². The number of carbonyl (C=O) groups excluding carboxylic acids is 2. The first-order valence-corrected chi connectivity index (χ1v) is 10.6. The first-order chi connectivity index (χ1) is 14.9. The average Bonchev–Trinajstić information content (AvgIpc) is 3.25. The maximum absolute atomic E-state index is 13.2. The van der Waals surface area contributed by atoms with E-state index in [4.69, 9.17) is 9.47 Å².